The average molecular weight is 374 g/mol. The van der Waals surface area contributed by atoms with Crippen molar-refractivity contribution in [2.24, 2.45) is 0 Å². The van der Waals surface area contributed by atoms with Gasteiger partial charge in [-0.25, -0.2) is 8.42 Å². The highest BCUT2D eigenvalue weighted by Gasteiger charge is 2.28. The summed E-state index contributed by atoms with van der Waals surface area (Å²) in [5.74, 6) is -0.748. The van der Waals surface area contributed by atoms with Crippen LogP contribution in [0.25, 0.3) is 0 Å². The molecule has 0 radical (unpaired) electrons. The molecule has 0 spiro atoms. The molecule has 6 nitrogen and oxygen atoms in total. The maximum atomic E-state index is 12.4. The number of amides is 1. The van der Waals surface area contributed by atoms with Crippen LogP contribution in [0, 0.1) is 0 Å². The number of alkyl halides is 3. The summed E-state index contributed by atoms with van der Waals surface area (Å²) in [5.41, 5.74) is -1.26. The van der Waals surface area contributed by atoms with E-state index in [9.17, 15) is 31.2 Å². The van der Waals surface area contributed by atoms with Gasteiger partial charge < -0.3 is 9.88 Å². The summed E-state index contributed by atoms with van der Waals surface area (Å²) in [6.45, 7) is -1.47. The lowest BCUT2D eigenvalue weighted by Crippen LogP contribution is -2.30. The molecule has 25 heavy (non-hydrogen) atoms. The van der Waals surface area contributed by atoms with Crippen molar-refractivity contribution in [2.75, 3.05) is 11.6 Å². The predicted octanol–water partition coefficient (Wildman–Crippen LogP) is 2.07. The number of carbonyl (C=O) groups excluding carboxylic acids is 1. The molecule has 134 valence electrons. The van der Waals surface area contributed by atoms with Gasteiger partial charge in [-0.1, -0.05) is 0 Å². The Kier molecular flexibility index (Phi) is 5.02. The number of pyridine rings is 1. The SMILES string of the molecule is CS(=O)(=O)c1ccc(C(=O)Nc2cccn(CC(F)(F)F)c2=O)cc1. The zero-order chi connectivity index (χ0) is 18.8. The van der Waals surface area contributed by atoms with Crippen molar-refractivity contribution < 1.29 is 26.4 Å². The number of nitrogens with one attached hydrogen (secondary N) is 1. The number of hydrogen-bond acceptors (Lipinski definition) is 4. The first-order chi connectivity index (χ1) is 11.5. The highest BCUT2D eigenvalue weighted by Crippen LogP contribution is 2.17. The number of sulfone groups is 1. The van der Waals surface area contributed by atoms with Gasteiger partial charge in [0.2, 0.25) is 0 Å². The van der Waals surface area contributed by atoms with Gasteiger partial charge in [-0.05, 0) is 36.4 Å². The zero-order valence-corrected chi connectivity index (χ0v) is 13.7. The lowest BCUT2D eigenvalue weighted by molar-refractivity contribution is -0.141. The van der Waals surface area contributed by atoms with E-state index in [-0.39, 0.29) is 16.1 Å². The average Bonchev–Trinajstić information content (AvgIpc) is 2.49. The number of aromatic nitrogens is 1. The second-order valence-corrected chi connectivity index (χ2v) is 7.24. The van der Waals surface area contributed by atoms with Crippen molar-refractivity contribution in [1.82, 2.24) is 4.57 Å². The molecule has 0 aliphatic rings. The number of hydrogen-bond donors (Lipinski definition) is 1. The maximum absolute atomic E-state index is 12.4. The molecule has 0 atom stereocenters. The van der Waals surface area contributed by atoms with Gasteiger partial charge in [0.25, 0.3) is 11.5 Å². The smallest absolute Gasteiger partial charge is 0.317 e. The van der Waals surface area contributed by atoms with E-state index in [1.165, 1.54) is 36.4 Å². The van der Waals surface area contributed by atoms with Crippen LogP contribution in [0.15, 0.2) is 52.3 Å². The molecule has 1 aromatic heterocycles. The van der Waals surface area contributed by atoms with E-state index in [2.05, 4.69) is 5.32 Å². The fourth-order valence-corrected chi connectivity index (χ4v) is 2.63. The Labute approximate surface area is 140 Å². The van der Waals surface area contributed by atoms with E-state index < -0.39 is 34.0 Å². The number of nitrogens with zero attached hydrogens (tertiary/aromatic N) is 1. The number of carbonyl (C=O) groups is 1. The van der Waals surface area contributed by atoms with Crippen LogP contribution in [0.3, 0.4) is 0 Å². The van der Waals surface area contributed by atoms with E-state index in [0.717, 1.165) is 12.5 Å². The molecule has 0 aliphatic carbocycles. The van der Waals surface area contributed by atoms with Crippen LogP contribution in [0.2, 0.25) is 0 Å². The summed E-state index contributed by atoms with van der Waals surface area (Å²) in [6.07, 6.45) is -2.60. The molecule has 0 saturated carbocycles. The Morgan fingerprint density at radius 1 is 1.16 bits per heavy atom. The normalized spacial score (nSPS) is 12.0. The number of halogens is 3. The lowest BCUT2D eigenvalue weighted by Gasteiger charge is -2.11. The highest BCUT2D eigenvalue weighted by molar-refractivity contribution is 7.90. The van der Waals surface area contributed by atoms with E-state index in [1.54, 1.807) is 0 Å². The first-order valence-electron chi connectivity index (χ1n) is 6.85. The molecule has 1 amide bonds. The highest BCUT2D eigenvalue weighted by atomic mass is 32.2. The zero-order valence-electron chi connectivity index (χ0n) is 12.9. The van der Waals surface area contributed by atoms with Crippen LogP contribution in [0.5, 0.6) is 0 Å². The largest absolute Gasteiger partial charge is 0.406 e. The molecule has 1 aromatic carbocycles. The molecule has 0 aliphatic heterocycles. The van der Waals surface area contributed by atoms with Gasteiger partial charge in [0.15, 0.2) is 9.84 Å². The van der Waals surface area contributed by atoms with Gasteiger partial charge in [-0.2, -0.15) is 13.2 Å². The minimum Gasteiger partial charge on any atom is -0.317 e. The van der Waals surface area contributed by atoms with Crippen molar-refractivity contribution in [3.05, 3.63) is 58.5 Å². The van der Waals surface area contributed by atoms with Gasteiger partial charge >= 0.3 is 6.18 Å². The first kappa shape index (κ1) is 18.7. The summed E-state index contributed by atoms with van der Waals surface area (Å²) < 4.78 is 60.4. The molecule has 2 aromatic rings. The Hall–Kier alpha value is -2.62. The number of anilines is 1. The second-order valence-electron chi connectivity index (χ2n) is 5.22. The molecule has 0 unspecified atom stereocenters. The minimum absolute atomic E-state index is 0.0105. The maximum Gasteiger partial charge on any atom is 0.406 e. The fraction of sp³-hybridized carbons (Fsp3) is 0.200. The summed E-state index contributed by atoms with van der Waals surface area (Å²) in [4.78, 5) is 24.1. The fourth-order valence-electron chi connectivity index (χ4n) is 2.00. The molecule has 10 heteroatoms. The molecule has 0 fully saturated rings. The third-order valence-electron chi connectivity index (χ3n) is 3.16. The second kappa shape index (κ2) is 6.71. The Morgan fingerprint density at radius 3 is 2.28 bits per heavy atom. The molecule has 0 bridgehead atoms. The van der Waals surface area contributed by atoms with Gasteiger partial charge in [0.05, 0.1) is 4.90 Å². The third kappa shape index (κ3) is 4.92. The van der Waals surface area contributed by atoms with Crippen LogP contribution in [0.1, 0.15) is 10.4 Å². The minimum atomic E-state index is -4.58. The van der Waals surface area contributed by atoms with Crippen molar-refractivity contribution in [2.45, 2.75) is 17.6 Å². The summed E-state index contributed by atoms with van der Waals surface area (Å²) >= 11 is 0. The Balaban J connectivity index is 2.24. The van der Waals surface area contributed by atoms with Crippen LogP contribution >= 0.6 is 0 Å². The van der Waals surface area contributed by atoms with Gasteiger partial charge in [-0.15, -0.1) is 0 Å². The predicted molar refractivity (Wildman–Crippen MR) is 84.3 cm³/mol. The van der Waals surface area contributed by atoms with Crippen molar-refractivity contribution in [3.63, 3.8) is 0 Å². The van der Waals surface area contributed by atoms with Gasteiger partial charge in [-0.3, -0.25) is 9.59 Å². The number of rotatable bonds is 4. The molecular weight excluding hydrogens is 361 g/mol. The van der Waals surface area contributed by atoms with E-state index >= 15 is 0 Å². The Morgan fingerprint density at radius 2 is 1.76 bits per heavy atom. The van der Waals surface area contributed by atoms with E-state index in [4.69, 9.17) is 0 Å². The van der Waals surface area contributed by atoms with Gasteiger partial charge in [0.1, 0.15) is 12.2 Å². The van der Waals surface area contributed by atoms with Gasteiger partial charge in [0, 0.05) is 18.0 Å². The van der Waals surface area contributed by atoms with Crippen LogP contribution in [-0.2, 0) is 16.4 Å². The molecule has 0 saturated heterocycles. The summed E-state index contributed by atoms with van der Waals surface area (Å²) in [7, 11) is -3.43. The number of benzene rings is 1. The standard InChI is InChI=1S/C15H13F3N2O4S/c1-25(23,24)11-6-4-10(5-7-11)13(21)19-12-3-2-8-20(14(12)22)9-15(16,17)18/h2-8H,9H2,1H3,(H,19,21). The molecule has 2 rings (SSSR count). The molecule has 1 heterocycles. The first-order valence-corrected chi connectivity index (χ1v) is 8.74. The van der Waals surface area contributed by atoms with E-state index in [0.29, 0.717) is 4.57 Å². The molecular formula is C15H13F3N2O4S. The molecule has 1 N–H and O–H groups in total. The summed E-state index contributed by atoms with van der Waals surface area (Å²) in [5, 5.41) is 2.22. The topological polar surface area (TPSA) is 85.2 Å². The van der Waals surface area contributed by atoms with E-state index in [1.807, 2.05) is 0 Å². The van der Waals surface area contributed by atoms with Crippen molar-refractivity contribution in [1.29, 1.82) is 0 Å². The van der Waals surface area contributed by atoms with Crippen LogP contribution < -0.4 is 10.9 Å². The van der Waals surface area contributed by atoms with Crippen molar-refractivity contribution >= 4 is 21.4 Å². The monoisotopic (exact) mass is 374 g/mol. The summed E-state index contributed by atoms with van der Waals surface area (Å²) in [6, 6.07) is 7.30. The quantitative estimate of drug-likeness (QED) is 0.888. The van der Waals surface area contributed by atoms with Crippen LogP contribution in [0.4, 0.5) is 18.9 Å². The van der Waals surface area contributed by atoms with Crippen LogP contribution in [-0.4, -0.2) is 31.3 Å². The third-order valence-corrected chi connectivity index (χ3v) is 4.29. The Bertz CT molecular complexity index is 948. The lowest BCUT2D eigenvalue weighted by atomic mass is 10.2. The van der Waals surface area contributed by atoms with Crippen molar-refractivity contribution in [3.8, 4) is 0 Å².